The summed E-state index contributed by atoms with van der Waals surface area (Å²) in [6.45, 7) is 1.53. The molecule has 0 atom stereocenters. The molecule has 1 aliphatic heterocycles. The second kappa shape index (κ2) is 8.76. The van der Waals surface area contributed by atoms with Crippen LogP contribution >= 0.6 is 11.8 Å². The summed E-state index contributed by atoms with van der Waals surface area (Å²) < 4.78 is 0. The van der Waals surface area contributed by atoms with Gasteiger partial charge in [0.15, 0.2) is 0 Å². The van der Waals surface area contributed by atoms with Crippen LogP contribution in [0.2, 0.25) is 0 Å². The van der Waals surface area contributed by atoms with Gasteiger partial charge >= 0.3 is 6.03 Å². The summed E-state index contributed by atoms with van der Waals surface area (Å²) in [6, 6.07) is 16.5. The van der Waals surface area contributed by atoms with Crippen molar-refractivity contribution in [2.75, 3.05) is 41.9 Å². The molecule has 26 heavy (non-hydrogen) atoms. The third kappa shape index (κ3) is 4.58. The highest BCUT2D eigenvalue weighted by molar-refractivity contribution is 7.99. The summed E-state index contributed by atoms with van der Waals surface area (Å²) in [6.07, 6.45) is 1.01. The van der Waals surface area contributed by atoms with Crippen LogP contribution in [0.1, 0.15) is 16.8 Å². The average Bonchev–Trinajstić information content (AvgIpc) is 2.97. The third-order valence-electron chi connectivity index (χ3n) is 4.32. The summed E-state index contributed by atoms with van der Waals surface area (Å²) in [4.78, 5) is 28.6. The van der Waals surface area contributed by atoms with E-state index in [0.717, 1.165) is 36.7 Å². The fourth-order valence-electron chi connectivity index (χ4n) is 2.84. The summed E-state index contributed by atoms with van der Waals surface area (Å²) in [5.74, 6) is 1.95. The molecule has 0 aliphatic carbocycles. The predicted molar refractivity (Wildman–Crippen MR) is 108 cm³/mol. The molecule has 6 heteroatoms. The number of hydrogen-bond acceptors (Lipinski definition) is 3. The Hall–Kier alpha value is -2.47. The molecule has 2 aromatic carbocycles. The summed E-state index contributed by atoms with van der Waals surface area (Å²) >= 11 is 1.88. The van der Waals surface area contributed by atoms with Crippen molar-refractivity contribution >= 4 is 35.1 Å². The van der Waals surface area contributed by atoms with Crippen molar-refractivity contribution in [2.45, 2.75) is 6.42 Å². The van der Waals surface area contributed by atoms with E-state index in [9.17, 15) is 9.59 Å². The number of benzene rings is 2. The van der Waals surface area contributed by atoms with Crippen molar-refractivity contribution in [2.24, 2.45) is 0 Å². The van der Waals surface area contributed by atoms with E-state index in [2.05, 4.69) is 5.32 Å². The topological polar surface area (TPSA) is 52.7 Å². The van der Waals surface area contributed by atoms with Crippen molar-refractivity contribution in [1.82, 2.24) is 4.90 Å². The summed E-state index contributed by atoms with van der Waals surface area (Å²) in [5, 5.41) is 2.92. The van der Waals surface area contributed by atoms with Crippen LogP contribution in [0.25, 0.3) is 0 Å². The lowest BCUT2D eigenvalue weighted by Crippen LogP contribution is -2.36. The molecule has 1 fully saturated rings. The smallest absolute Gasteiger partial charge is 0.321 e. The van der Waals surface area contributed by atoms with Gasteiger partial charge in [-0.25, -0.2) is 4.79 Å². The van der Waals surface area contributed by atoms with E-state index in [1.807, 2.05) is 53.1 Å². The number of nitrogens with one attached hydrogen (secondary N) is 1. The largest absolute Gasteiger partial charge is 0.324 e. The first-order valence-corrected chi connectivity index (χ1v) is 9.87. The first-order chi connectivity index (χ1) is 12.6. The number of amides is 3. The van der Waals surface area contributed by atoms with E-state index >= 15 is 0 Å². The molecule has 0 unspecified atom stereocenters. The molecule has 1 heterocycles. The zero-order valence-corrected chi connectivity index (χ0v) is 15.7. The van der Waals surface area contributed by atoms with E-state index in [0.29, 0.717) is 11.3 Å². The molecule has 0 spiro atoms. The number of carbonyl (C=O) groups is 2. The number of nitrogens with zero attached hydrogens (tertiary/aromatic N) is 2. The fraction of sp³-hybridized carbons (Fsp3) is 0.300. The van der Waals surface area contributed by atoms with Gasteiger partial charge in [0.1, 0.15) is 0 Å². The van der Waals surface area contributed by atoms with Crippen LogP contribution in [0.5, 0.6) is 0 Å². The van der Waals surface area contributed by atoms with Gasteiger partial charge in [-0.05, 0) is 42.5 Å². The van der Waals surface area contributed by atoms with Crippen LogP contribution in [-0.4, -0.2) is 48.5 Å². The Kier molecular flexibility index (Phi) is 6.17. The molecule has 0 radical (unpaired) electrons. The first-order valence-electron chi connectivity index (χ1n) is 8.72. The number of hydrogen-bond donors (Lipinski definition) is 1. The zero-order valence-electron chi connectivity index (χ0n) is 14.9. The van der Waals surface area contributed by atoms with Gasteiger partial charge in [0.05, 0.1) is 0 Å². The van der Waals surface area contributed by atoms with Gasteiger partial charge in [-0.15, -0.1) is 0 Å². The molecular formula is C20H23N3O2S. The third-order valence-corrected chi connectivity index (χ3v) is 5.37. The van der Waals surface area contributed by atoms with Crippen LogP contribution in [0.15, 0.2) is 54.6 Å². The van der Waals surface area contributed by atoms with Crippen LogP contribution in [0.4, 0.5) is 16.2 Å². The molecular weight excluding hydrogens is 346 g/mol. The Morgan fingerprint density at radius 3 is 2.65 bits per heavy atom. The van der Waals surface area contributed by atoms with Gasteiger partial charge in [-0.2, -0.15) is 11.8 Å². The van der Waals surface area contributed by atoms with Crippen molar-refractivity contribution in [3.05, 3.63) is 60.2 Å². The number of carbonyl (C=O) groups excluding carboxylic acids is 2. The highest BCUT2D eigenvalue weighted by Crippen LogP contribution is 2.18. The molecule has 1 saturated heterocycles. The van der Waals surface area contributed by atoms with Gasteiger partial charge in [0.25, 0.3) is 5.91 Å². The van der Waals surface area contributed by atoms with Crippen molar-refractivity contribution in [1.29, 1.82) is 0 Å². The molecule has 136 valence electrons. The van der Waals surface area contributed by atoms with Crippen molar-refractivity contribution in [3.8, 4) is 0 Å². The first kappa shape index (κ1) is 18.3. The number of para-hydroxylation sites is 1. The minimum absolute atomic E-state index is 0.103. The SMILES string of the molecule is CN(C(=O)c1cccc(NC(=O)N2CCCSCC2)c1)c1ccccc1. The van der Waals surface area contributed by atoms with E-state index in [4.69, 9.17) is 0 Å². The average molecular weight is 369 g/mol. The predicted octanol–water partition coefficient (Wildman–Crippen LogP) is 3.93. The van der Waals surface area contributed by atoms with Crippen molar-refractivity contribution in [3.63, 3.8) is 0 Å². The lowest BCUT2D eigenvalue weighted by atomic mass is 10.1. The van der Waals surface area contributed by atoms with Crippen LogP contribution in [-0.2, 0) is 0 Å². The van der Waals surface area contributed by atoms with E-state index in [-0.39, 0.29) is 11.9 Å². The van der Waals surface area contributed by atoms with Gasteiger partial charge in [0.2, 0.25) is 0 Å². The Morgan fingerprint density at radius 2 is 1.85 bits per heavy atom. The highest BCUT2D eigenvalue weighted by atomic mass is 32.2. The summed E-state index contributed by atoms with van der Waals surface area (Å²) in [5.41, 5.74) is 2.01. The minimum atomic E-state index is -0.113. The second-order valence-corrected chi connectivity index (χ2v) is 7.39. The van der Waals surface area contributed by atoms with Crippen molar-refractivity contribution < 1.29 is 9.59 Å². The quantitative estimate of drug-likeness (QED) is 0.892. The number of thioether (sulfide) groups is 1. The Balaban J connectivity index is 1.69. The Bertz CT molecular complexity index is 759. The molecule has 1 aliphatic rings. The Labute approximate surface area is 158 Å². The normalized spacial score (nSPS) is 14.4. The van der Waals surface area contributed by atoms with E-state index in [1.54, 1.807) is 30.1 Å². The maximum Gasteiger partial charge on any atom is 0.321 e. The van der Waals surface area contributed by atoms with Crippen LogP contribution in [0, 0.1) is 0 Å². The van der Waals surface area contributed by atoms with E-state index < -0.39 is 0 Å². The molecule has 0 saturated carbocycles. The molecule has 2 aromatic rings. The number of anilines is 2. The highest BCUT2D eigenvalue weighted by Gasteiger charge is 2.17. The van der Waals surface area contributed by atoms with Crippen LogP contribution in [0.3, 0.4) is 0 Å². The lowest BCUT2D eigenvalue weighted by Gasteiger charge is -2.21. The molecule has 3 amide bonds. The fourth-order valence-corrected chi connectivity index (χ4v) is 3.73. The molecule has 0 bridgehead atoms. The summed E-state index contributed by atoms with van der Waals surface area (Å²) in [7, 11) is 1.75. The zero-order chi connectivity index (χ0) is 18.4. The molecule has 3 rings (SSSR count). The van der Waals surface area contributed by atoms with E-state index in [1.165, 1.54) is 0 Å². The van der Waals surface area contributed by atoms with Gasteiger partial charge in [-0.3, -0.25) is 4.79 Å². The standard InChI is InChI=1S/C20H23N3O2S/c1-22(18-9-3-2-4-10-18)19(24)16-7-5-8-17(15-16)21-20(25)23-11-6-13-26-14-12-23/h2-5,7-10,15H,6,11-14H2,1H3,(H,21,25). The van der Waals surface area contributed by atoms with Gasteiger partial charge in [0, 0.05) is 42.8 Å². The minimum Gasteiger partial charge on any atom is -0.324 e. The number of rotatable bonds is 3. The molecule has 0 aromatic heterocycles. The molecule has 1 N–H and O–H groups in total. The Morgan fingerprint density at radius 1 is 1.04 bits per heavy atom. The maximum absolute atomic E-state index is 12.7. The monoisotopic (exact) mass is 369 g/mol. The second-order valence-electron chi connectivity index (χ2n) is 6.16. The molecule has 5 nitrogen and oxygen atoms in total. The van der Waals surface area contributed by atoms with Crippen LogP contribution < -0.4 is 10.2 Å². The van der Waals surface area contributed by atoms with Gasteiger partial charge in [-0.1, -0.05) is 24.3 Å². The van der Waals surface area contributed by atoms with Gasteiger partial charge < -0.3 is 15.1 Å². The maximum atomic E-state index is 12.7. The number of urea groups is 1. The lowest BCUT2D eigenvalue weighted by molar-refractivity contribution is 0.0993.